The first-order valence-corrected chi connectivity index (χ1v) is 12.9. The first-order valence-electron chi connectivity index (χ1n) is 12.5. The number of aromatic nitrogens is 3. The SMILES string of the molecule is Clc1nc(-c2ccccc2)cc(-c2cccc(-n3c4ccccc4c4ccc(-c5ccccc5)cc43)c2)n1. The van der Waals surface area contributed by atoms with Gasteiger partial charge in [0.2, 0.25) is 5.28 Å². The van der Waals surface area contributed by atoms with Gasteiger partial charge in [-0.1, -0.05) is 103 Å². The van der Waals surface area contributed by atoms with Crippen LogP contribution in [0.3, 0.4) is 0 Å². The van der Waals surface area contributed by atoms with E-state index in [0.29, 0.717) is 0 Å². The van der Waals surface area contributed by atoms with Gasteiger partial charge >= 0.3 is 0 Å². The van der Waals surface area contributed by atoms with E-state index in [1.54, 1.807) is 0 Å². The molecule has 0 fully saturated rings. The lowest BCUT2D eigenvalue weighted by atomic mass is 10.0. The minimum Gasteiger partial charge on any atom is -0.309 e. The molecule has 0 N–H and O–H groups in total. The second-order valence-corrected chi connectivity index (χ2v) is 9.61. The van der Waals surface area contributed by atoms with E-state index in [-0.39, 0.29) is 5.28 Å². The van der Waals surface area contributed by atoms with E-state index < -0.39 is 0 Å². The molecule has 0 atom stereocenters. The highest BCUT2D eigenvalue weighted by molar-refractivity contribution is 6.28. The summed E-state index contributed by atoms with van der Waals surface area (Å²) in [6.45, 7) is 0. The van der Waals surface area contributed by atoms with E-state index in [4.69, 9.17) is 11.6 Å². The lowest BCUT2D eigenvalue weighted by Crippen LogP contribution is -1.96. The molecule has 0 radical (unpaired) electrons. The third kappa shape index (κ3) is 3.94. The Hall–Kier alpha value is -4.73. The molecule has 2 aromatic heterocycles. The molecular formula is C34H22ClN3. The Labute approximate surface area is 225 Å². The zero-order valence-corrected chi connectivity index (χ0v) is 21.2. The van der Waals surface area contributed by atoms with Crippen LogP contribution in [0.25, 0.3) is 61.1 Å². The maximum Gasteiger partial charge on any atom is 0.223 e. The Bertz CT molecular complexity index is 1930. The van der Waals surface area contributed by atoms with Gasteiger partial charge in [-0.05, 0) is 53.1 Å². The molecule has 0 aliphatic heterocycles. The van der Waals surface area contributed by atoms with Gasteiger partial charge in [-0.25, -0.2) is 9.97 Å². The zero-order valence-electron chi connectivity index (χ0n) is 20.4. The maximum atomic E-state index is 6.39. The normalized spacial score (nSPS) is 11.3. The Morgan fingerprint density at radius 2 is 1.08 bits per heavy atom. The minimum absolute atomic E-state index is 0.233. The van der Waals surface area contributed by atoms with Crippen LogP contribution in [0.15, 0.2) is 133 Å². The lowest BCUT2D eigenvalue weighted by molar-refractivity contribution is 1.16. The van der Waals surface area contributed by atoms with Crippen LogP contribution in [0.1, 0.15) is 0 Å². The number of benzene rings is 5. The largest absolute Gasteiger partial charge is 0.309 e. The minimum atomic E-state index is 0.233. The van der Waals surface area contributed by atoms with Crippen LogP contribution in [0, 0.1) is 0 Å². The molecule has 180 valence electrons. The number of fused-ring (bicyclic) bond motifs is 3. The van der Waals surface area contributed by atoms with Crippen molar-refractivity contribution in [1.29, 1.82) is 0 Å². The third-order valence-electron chi connectivity index (χ3n) is 6.95. The molecule has 2 heterocycles. The van der Waals surface area contributed by atoms with Crippen LogP contribution >= 0.6 is 11.6 Å². The molecule has 0 bridgehead atoms. The monoisotopic (exact) mass is 507 g/mol. The predicted octanol–water partition coefficient (Wildman–Crippen LogP) is 9.23. The van der Waals surface area contributed by atoms with Crippen molar-refractivity contribution < 1.29 is 0 Å². The van der Waals surface area contributed by atoms with Crippen molar-refractivity contribution >= 4 is 33.4 Å². The van der Waals surface area contributed by atoms with Gasteiger partial charge in [0.15, 0.2) is 0 Å². The molecule has 0 saturated heterocycles. The quantitative estimate of drug-likeness (QED) is 0.222. The predicted molar refractivity (Wildman–Crippen MR) is 158 cm³/mol. The van der Waals surface area contributed by atoms with E-state index in [0.717, 1.165) is 39.2 Å². The highest BCUT2D eigenvalue weighted by Crippen LogP contribution is 2.36. The molecule has 0 unspecified atom stereocenters. The van der Waals surface area contributed by atoms with Crippen LogP contribution in [-0.4, -0.2) is 14.5 Å². The maximum absolute atomic E-state index is 6.39. The molecule has 7 aromatic rings. The molecule has 0 amide bonds. The van der Waals surface area contributed by atoms with Crippen molar-refractivity contribution in [1.82, 2.24) is 14.5 Å². The van der Waals surface area contributed by atoms with Crippen LogP contribution in [0.2, 0.25) is 5.28 Å². The number of nitrogens with zero attached hydrogens (tertiary/aromatic N) is 3. The van der Waals surface area contributed by atoms with Gasteiger partial charge in [0.25, 0.3) is 0 Å². The molecule has 38 heavy (non-hydrogen) atoms. The first-order chi connectivity index (χ1) is 18.7. The summed E-state index contributed by atoms with van der Waals surface area (Å²) in [4.78, 5) is 9.05. The summed E-state index contributed by atoms with van der Waals surface area (Å²) in [5.41, 5.74) is 9.35. The van der Waals surface area contributed by atoms with Crippen molar-refractivity contribution in [2.75, 3.05) is 0 Å². The summed E-state index contributed by atoms with van der Waals surface area (Å²) in [5, 5.41) is 2.68. The molecule has 3 nitrogen and oxygen atoms in total. The molecular weight excluding hydrogens is 486 g/mol. The van der Waals surface area contributed by atoms with Gasteiger partial charge in [0.1, 0.15) is 0 Å². The van der Waals surface area contributed by atoms with Crippen LogP contribution in [0.5, 0.6) is 0 Å². The second kappa shape index (κ2) is 9.29. The molecule has 0 spiro atoms. The van der Waals surface area contributed by atoms with Gasteiger partial charge in [-0.3, -0.25) is 0 Å². The summed E-state index contributed by atoms with van der Waals surface area (Å²) in [6, 6.07) is 46.3. The average Bonchev–Trinajstić information content (AvgIpc) is 3.31. The standard InChI is InChI=1S/C34H22ClN3/c35-34-36-30(24-12-5-2-6-13-24)22-31(37-34)26-14-9-15-27(20-26)38-32-17-8-7-16-28(32)29-19-18-25(21-33(29)38)23-10-3-1-4-11-23/h1-22H. The third-order valence-corrected chi connectivity index (χ3v) is 7.12. The topological polar surface area (TPSA) is 30.7 Å². The van der Waals surface area contributed by atoms with E-state index in [2.05, 4.69) is 106 Å². The smallest absolute Gasteiger partial charge is 0.223 e. The fourth-order valence-electron chi connectivity index (χ4n) is 5.19. The molecule has 0 aliphatic rings. The Kier molecular flexibility index (Phi) is 5.49. The van der Waals surface area contributed by atoms with E-state index in [1.165, 1.54) is 21.9 Å². The Balaban J connectivity index is 1.42. The summed E-state index contributed by atoms with van der Waals surface area (Å²) in [5.74, 6) is 0. The summed E-state index contributed by atoms with van der Waals surface area (Å²) in [7, 11) is 0. The molecule has 5 aromatic carbocycles. The van der Waals surface area contributed by atoms with Gasteiger partial charge in [0, 0.05) is 27.6 Å². The zero-order chi connectivity index (χ0) is 25.5. The Morgan fingerprint density at radius 1 is 0.447 bits per heavy atom. The van der Waals surface area contributed by atoms with E-state index in [9.17, 15) is 0 Å². The van der Waals surface area contributed by atoms with Crippen LogP contribution < -0.4 is 0 Å². The van der Waals surface area contributed by atoms with E-state index in [1.807, 2.05) is 42.5 Å². The van der Waals surface area contributed by atoms with Gasteiger partial charge in [0.05, 0.1) is 22.4 Å². The second-order valence-electron chi connectivity index (χ2n) is 9.27. The first kappa shape index (κ1) is 22.5. The number of hydrogen-bond acceptors (Lipinski definition) is 2. The molecule has 7 rings (SSSR count). The van der Waals surface area contributed by atoms with Gasteiger partial charge < -0.3 is 4.57 Å². The van der Waals surface area contributed by atoms with Gasteiger partial charge in [-0.15, -0.1) is 0 Å². The fraction of sp³-hybridized carbons (Fsp3) is 0. The number of hydrogen-bond donors (Lipinski definition) is 0. The average molecular weight is 508 g/mol. The number of rotatable bonds is 4. The number of para-hydroxylation sites is 1. The fourth-order valence-corrected chi connectivity index (χ4v) is 5.37. The highest BCUT2D eigenvalue weighted by atomic mass is 35.5. The molecule has 0 aliphatic carbocycles. The summed E-state index contributed by atoms with van der Waals surface area (Å²) in [6.07, 6.45) is 0. The van der Waals surface area contributed by atoms with Crippen molar-refractivity contribution in [3.63, 3.8) is 0 Å². The Morgan fingerprint density at radius 3 is 1.87 bits per heavy atom. The van der Waals surface area contributed by atoms with Crippen molar-refractivity contribution in [2.24, 2.45) is 0 Å². The van der Waals surface area contributed by atoms with Crippen molar-refractivity contribution in [3.05, 3.63) is 139 Å². The molecule has 4 heteroatoms. The molecule has 0 saturated carbocycles. The van der Waals surface area contributed by atoms with Crippen LogP contribution in [-0.2, 0) is 0 Å². The highest BCUT2D eigenvalue weighted by Gasteiger charge is 2.15. The van der Waals surface area contributed by atoms with Crippen molar-refractivity contribution in [2.45, 2.75) is 0 Å². The summed E-state index contributed by atoms with van der Waals surface area (Å²) >= 11 is 6.39. The lowest BCUT2D eigenvalue weighted by Gasteiger charge is -2.11. The van der Waals surface area contributed by atoms with Gasteiger partial charge in [-0.2, -0.15) is 0 Å². The van der Waals surface area contributed by atoms with E-state index >= 15 is 0 Å². The van der Waals surface area contributed by atoms with Crippen LogP contribution in [0.4, 0.5) is 0 Å². The number of halogens is 1. The van der Waals surface area contributed by atoms with Crippen molar-refractivity contribution in [3.8, 4) is 39.3 Å². The summed E-state index contributed by atoms with van der Waals surface area (Å²) < 4.78 is 2.33.